The van der Waals surface area contributed by atoms with Crippen LogP contribution in [0.4, 0.5) is 5.69 Å². The fourth-order valence-corrected chi connectivity index (χ4v) is 1.63. The molecule has 19 heavy (non-hydrogen) atoms. The average Bonchev–Trinajstić information content (AvgIpc) is 2.41. The lowest BCUT2D eigenvalue weighted by atomic mass is 10.2. The lowest BCUT2D eigenvalue weighted by Gasteiger charge is -2.08. The molecule has 4 nitrogen and oxygen atoms in total. The molecular formula is C15H25N3O. The van der Waals surface area contributed by atoms with E-state index in [1.807, 2.05) is 6.07 Å². The third-order valence-electron chi connectivity index (χ3n) is 2.78. The van der Waals surface area contributed by atoms with Crippen molar-refractivity contribution in [3.63, 3.8) is 0 Å². The molecule has 0 aliphatic heterocycles. The maximum atomic E-state index is 11.8. The maximum absolute atomic E-state index is 11.8. The van der Waals surface area contributed by atoms with E-state index in [2.05, 4.69) is 36.4 Å². The molecule has 0 aliphatic carbocycles. The van der Waals surface area contributed by atoms with Crippen LogP contribution in [0.2, 0.25) is 0 Å². The van der Waals surface area contributed by atoms with E-state index in [0.717, 1.165) is 18.7 Å². The third-order valence-corrected chi connectivity index (χ3v) is 2.78. The second-order valence-corrected chi connectivity index (χ2v) is 5.17. The van der Waals surface area contributed by atoms with Gasteiger partial charge in [0.15, 0.2) is 0 Å². The van der Waals surface area contributed by atoms with Crippen LogP contribution in [0.15, 0.2) is 18.3 Å². The van der Waals surface area contributed by atoms with Crippen LogP contribution in [0, 0.1) is 5.92 Å². The predicted octanol–water partition coefficient (Wildman–Crippen LogP) is 3.07. The topological polar surface area (TPSA) is 54.0 Å². The molecule has 1 rings (SSSR count). The summed E-state index contributed by atoms with van der Waals surface area (Å²) in [5.41, 5.74) is 1.44. The summed E-state index contributed by atoms with van der Waals surface area (Å²) in [5, 5.41) is 6.16. The molecule has 0 bridgehead atoms. The van der Waals surface area contributed by atoms with Crippen molar-refractivity contribution >= 4 is 11.6 Å². The number of carbonyl (C=O) groups excluding carboxylic acids is 1. The fraction of sp³-hybridized carbons (Fsp3) is 0.600. The molecule has 0 spiro atoms. The lowest BCUT2D eigenvalue weighted by Crippen LogP contribution is -2.27. The third kappa shape index (κ3) is 6.22. The zero-order chi connectivity index (χ0) is 14.1. The number of hydrogen-bond acceptors (Lipinski definition) is 3. The molecule has 0 aliphatic rings. The molecule has 0 unspecified atom stereocenters. The van der Waals surface area contributed by atoms with Gasteiger partial charge in [-0.15, -0.1) is 0 Å². The summed E-state index contributed by atoms with van der Waals surface area (Å²) in [6, 6.07) is 3.67. The van der Waals surface area contributed by atoms with Gasteiger partial charge in [-0.3, -0.25) is 4.79 Å². The first-order valence-electron chi connectivity index (χ1n) is 7.11. The smallest absolute Gasteiger partial charge is 0.269 e. The average molecular weight is 263 g/mol. The molecule has 0 atom stereocenters. The Morgan fingerprint density at radius 2 is 2.11 bits per heavy atom. The number of nitrogens with zero attached hydrogens (tertiary/aromatic N) is 1. The van der Waals surface area contributed by atoms with Gasteiger partial charge in [-0.1, -0.05) is 33.6 Å². The van der Waals surface area contributed by atoms with Gasteiger partial charge in [-0.05, 0) is 24.5 Å². The molecule has 0 radical (unpaired) electrons. The molecule has 0 saturated carbocycles. The van der Waals surface area contributed by atoms with Crippen molar-refractivity contribution in [3.8, 4) is 0 Å². The first-order valence-corrected chi connectivity index (χ1v) is 7.11. The summed E-state index contributed by atoms with van der Waals surface area (Å²) in [5.74, 6) is 0.342. The quantitative estimate of drug-likeness (QED) is 0.709. The van der Waals surface area contributed by atoms with E-state index in [4.69, 9.17) is 0 Å². The van der Waals surface area contributed by atoms with Crippen molar-refractivity contribution in [3.05, 3.63) is 24.0 Å². The van der Waals surface area contributed by atoms with Gasteiger partial charge >= 0.3 is 0 Å². The van der Waals surface area contributed by atoms with Crippen LogP contribution in [-0.2, 0) is 0 Å². The van der Waals surface area contributed by atoms with E-state index < -0.39 is 0 Å². The minimum Gasteiger partial charge on any atom is -0.384 e. The Morgan fingerprint density at radius 1 is 1.32 bits per heavy atom. The van der Waals surface area contributed by atoms with Crippen LogP contribution in [-0.4, -0.2) is 24.0 Å². The van der Waals surface area contributed by atoms with Gasteiger partial charge in [-0.25, -0.2) is 4.98 Å². The van der Waals surface area contributed by atoms with Gasteiger partial charge < -0.3 is 10.6 Å². The number of rotatable bonds is 8. The van der Waals surface area contributed by atoms with Gasteiger partial charge in [0.2, 0.25) is 0 Å². The molecule has 1 aromatic heterocycles. The second-order valence-electron chi connectivity index (χ2n) is 5.17. The van der Waals surface area contributed by atoms with Crippen molar-refractivity contribution in [1.82, 2.24) is 10.3 Å². The summed E-state index contributed by atoms with van der Waals surface area (Å²) in [4.78, 5) is 15.9. The normalized spacial score (nSPS) is 10.5. The molecule has 0 saturated heterocycles. The summed E-state index contributed by atoms with van der Waals surface area (Å²) in [6.07, 6.45) is 5.33. The Morgan fingerprint density at radius 3 is 2.68 bits per heavy atom. The highest BCUT2D eigenvalue weighted by atomic mass is 16.1. The van der Waals surface area contributed by atoms with E-state index in [1.54, 1.807) is 12.3 Å². The number of aromatic nitrogens is 1. The molecular weight excluding hydrogens is 238 g/mol. The largest absolute Gasteiger partial charge is 0.384 e. The molecule has 106 valence electrons. The van der Waals surface area contributed by atoms with Crippen LogP contribution in [0.3, 0.4) is 0 Å². The van der Waals surface area contributed by atoms with Crippen molar-refractivity contribution in [2.75, 3.05) is 18.4 Å². The Hall–Kier alpha value is -1.58. The van der Waals surface area contributed by atoms with Crippen molar-refractivity contribution in [1.29, 1.82) is 0 Å². The molecule has 0 aromatic carbocycles. The van der Waals surface area contributed by atoms with E-state index in [0.29, 0.717) is 18.2 Å². The number of nitrogens with one attached hydrogen (secondary N) is 2. The number of unbranched alkanes of at least 4 members (excludes halogenated alkanes) is 2. The van der Waals surface area contributed by atoms with E-state index >= 15 is 0 Å². The number of carbonyl (C=O) groups is 1. The highest BCUT2D eigenvalue weighted by molar-refractivity contribution is 5.92. The minimum atomic E-state index is -0.105. The van der Waals surface area contributed by atoms with E-state index in [9.17, 15) is 4.79 Å². The fourth-order valence-electron chi connectivity index (χ4n) is 1.63. The van der Waals surface area contributed by atoms with Crippen LogP contribution < -0.4 is 10.6 Å². The molecule has 1 amide bonds. The monoisotopic (exact) mass is 263 g/mol. The SMILES string of the molecule is CCCCCNc1ccc(C(=O)NCC(C)C)nc1. The number of hydrogen-bond donors (Lipinski definition) is 2. The molecule has 4 heteroatoms. The van der Waals surface area contributed by atoms with Crippen LogP contribution in [0.1, 0.15) is 50.5 Å². The standard InChI is InChI=1S/C15H25N3O/c1-4-5-6-9-16-13-7-8-14(17-11-13)15(19)18-10-12(2)3/h7-8,11-12,16H,4-6,9-10H2,1-3H3,(H,18,19). The van der Waals surface area contributed by atoms with Gasteiger partial charge in [0.1, 0.15) is 5.69 Å². The van der Waals surface area contributed by atoms with Crippen molar-refractivity contribution in [2.45, 2.75) is 40.0 Å². The number of amides is 1. The summed E-state index contributed by atoms with van der Waals surface area (Å²) in [6.45, 7) is 7.95. The molecule has 1 aromatic rings. The highest BCUT2D eigenvalue weighted by Gasteiger charge is 2.06. The van der Waals surface area contributed by atoms with Gasteiger partial charge in [0, 0.05) is 13.1 Å². The predicted molar refractivity (Wildman–Crippen MR) is 79.4 cm³/mol. The first-order chi connectivity index (χ1) is 9.13. The Labute approximate surface area is 116 Å². The van der Waals surface area contributed by atoms with Crippen LogP contribution >= 0.6 is 0 Å². The zero-order valence-corrected chi connectivity index (χ0v) is 12.2. The number of pyridine rings is 1. The Kier molecular flexibility index (Phi) is 6.93. The van der Waals surface area contributed by atoms with Crippen LogP contribution in [0.5, 0.6) is 0 Å². The second kappa shape index (κ2) is 8.51. The van der Waals surface area contributed by atoms with Crippen molar-refractivity contribution in [2.24, 2.45) is 5.92 Å². The summed E-state index contributed by atoms with van der Waals surface area (Å²) >= 11 is 0. The zero-order valence-electron chi connectivity index (χ0n) is 12.2. The highest BCUT2D eigenvalue weighted by Crippen LogP contribution is 2.07. The Balaban J connectivity index is 2.40. The molecule has 1 heterocycles. The molecule has 2 N–H and O–H groups in total. The lowest BCUT2D eigenvalue weighted by molar-refractivity contribution is 0.0944. The minimum absolute atomic E-state index is 0.105. The Bertz CT molecular complexity index is 373. The molecule has 0 fully saturated rings. The van der Waals surface area contributed by atoms with E-state index in [-0.39, 0.29) is 5.91 Å². The van der Waals surface area contributed by atoms with Crippen molar-refractivity contribution < 1.29 is 4.79 Å². The first kappa shape index (κ1) is 15.5. The summed E-state index contributed by atoms with van der Waals surface area (Å²) in [7, 11) is 0. The van der Waals surface area contributed by atoms with Gasteiger partial charge in [-0.2, -0.15) is 0 Å². The van der Waals surface area contributed by atoms with E-state index in [1.165, 1.54) is 12.8 Å². The number of anilines is 1. The maximum Gasteiger partial charge on any atom is 0.269 e. The van der Waals surface area contributed by atoms with Gasteiger partial charge in [0.05, 0.1) is 11.9 Å². The van der Waals surface area contributed by atoms with Gasteiger partial charge in [0.25, 0.3) is 5.91 Å². The van der Waals surface area contributed by atoms with Crippen LogP contribution in [0.25, 0.3) is 0 Å². The summed E-state index contributed by atoms with van der Waals surface area (Å²) < 4.78 is 0.